The van der Waals surface area contributed by atoms with Crippen LogP contribution < -0.4 is 10.6 Å². The molecule has 0 unspecified atom stereocenters. The Morgan fingerprint density at radius 3 is 2.38 bits per heavy atom. The first-order valence-electron chi connectivity index (χ1n) is 10.6. The first-order chi connectivity index (χ1) is 15.4. The quantitative estimate of drug-likeness (QED) is 0.591. The Balaban J connectivity index is 1.37. The van der Waals surface area contributed by atoms with Crippen molar-refractivity contribution in [1.82, 2.24) is 10.2 Å². The highest BCUT2D eigenvalue weighted by Crippen LogP contribution is 2.30. The van der Waals surface area contributed by atoms with Gasteiger partial charge in [-0.15, -0.1) is 0 Å². The third-order valence-electron chi connectivity index (χ3n) is 5.77. The van der Waals surface area contributed by atoms with Crippen molar-refractivity contribution in [2.24, 2.45) is 0 Å². The summed E-state index contributed by atoms with van der Waals surface area (Å²) in [5.41, 5.74) is 2.09. The summed E-state index contributed by atoms with van der Waals surface area (Å²) >= 11 is 12.1. The van der Waals surface area contributed by atoms with E-state index in [-0.39, 0.29) is 28.6 Å². The maximum absolute atomic E-state index is 12.8. The van der Waals surface area contributed by atoms with Gasteiger partial charge in [-0.05, 0) is 48.7 Å². The molecule has 1 saturated carbocycles. The Bertz CT molecular complexity index is 1080. The molecule has 1 aliphatic carbocycles. The van der Waals surface area contributed by atoms with Crippen LogP contribution in [0.2, 0.25) is 5.02 Å². The Kier molecular flexibility index (Phi) is 6.82. The van der Waals surface area contributed by atoms with Gasteiger partial charge in [0.2, 0.25) is 0 Å². The molecule has 4 rings (SSSR count). The molecule has 0 saturated heterocycles. The van der Waals surface area contributed by atoms with Crippen molar-refractivity contribution in [1.29, 1.82) is 0 Å². The number of imide groups is 1. The van der Waals surface area contributed by atoms with E-state index in [4.69, 9.17) is 23.2 Å². The topological polar surface area (TPSA) is 78.5 Å². The predicted molar refractivity (Wildman–Crippen MR) is 124 cm³/mol. The first kappa shape index (κ1) is 22.4. The van der Waals surface area contributed by atoms with Crippen LogP contribution in [0.5, 0.6) is 0 Å². The van der Waals surface area contributed by atoms with E-state index in [1.165, 1.54) is 4.90 Å². The highest BCUT2D eigenvalue weighted by Gasteiger charge is 2.41. The number of halogens is 2. The summed E-state index contributed by atoms with van der Waals surface area (Å²) in [4.78, 5) is 39.1. The van der Waals surface area contributed by atoms with Gasteiger partial charge in [0.25, 0.3) is 17.7 Å². The number of nitrogens with zero attached hydrogens (tertiary/aromatic N) is 1. The first-order valence-corrected chi connectivity index (χ1v) is 11.4. The van der Waals surface area contributed by atoms with E-state index in [1.54, 1.807) is 48.5 Å². The van der Waals surface area contributed by atoms with Crippen LogP contribution in [0.4, 0.5) is 5.69 Å². The van der Waals surface area contributed by atoms with Crippen molar-refractivity contribution in [3.05, 3.63) is 75.4 Å². The standard InChI is InChI=1S/C24H23Cl2N3O3/c25-17-5-4-6-18(13-17)28-22(30)16-11-9-15(10-12-16)14-27-21-20(26)23(31)29(24(21)32)19-7-2-1-3-8-19/h4-6,9-13,19,27H,1-3,7-8,14H2,(H,28,30). The molecule has 0 aromatic heterocycles. The Morgan fingerprint density at radius 1 is 0.969 bits per heavy atom. The molecule has 1 fully saturated rings. The van der Waals surface area contributed by atoms with Crippen molar-refractivity contribution >= 4 is 46.6 Å². The minimum atomic E-state index is -0.417. The molecule has 3 amide bonds. The molecule has 32 heavy (non-hydrogen) atoms. The number of rotatable bonds is 6. The number of benzene rings is 2. The third-order valence-corrected chi connectivity index (χ3v) is 6.35. The average molecular weight is 472 g/mol. The summed E-state index contributed by atoms with van der Waals surface area (Å²) in [6.07, 6.45) is 4.81. The molecule has 0 radical (unpaired) electrons. The van der Waals surface area contributed by atoms with E-state index in [0.29, 0.717) is 22.8 Å². The highest BCUT2D eigenvalue weighted by molar-refractivity contribution is 6.47. The van der Waals surface area contributed by atoms with Gasteiger partial charge in [-0.2, -0.15) is 0 Å². The fraction of sp³-hybridized carbons (Fsp3) is 0.292. The predicted octanol–water partition coefficient (Wildman–Crippen LogP) is 4.83. The lowest BCUT2D eigenvalue weighted by Crippen LogP contribution is -2.43. The molecule has 1 heterocycles. The lowest BCUT2D eigenvalue weighted by Gasteiger charge is -2.29. The molecule has 166 valence electrons. The summed E-state index contributed by atoms with van der Waals surface area (Å²) in [6, 6.07) is 13.8. The Morgan fingerprint density at radius 2 is 1.69 bits per heavy atom. The van der Waals surface area contributed by atoms with Gasteiger partial charge >= 0.3 is 0 Å². The maximum atomic E-state index is 12.8. The zero-order valence-corrected chi connectivity index (χ0v) is 18.9. The van der Waals surface area contributed by atoms with Crippen molar-refractivity contribution in [2.75, 3.05) is 5.32 Å². The summed E-state index contributed by atoms with van der Waals surface area (Å²) in [7, 11) is 0. The second-order valence-corrected chi connectivity index (χ2v) is 8.79. The van der Waals surface area contributed by atoms with E-state index in [2.05, 4.69) is 10.6 Å². The van der Waals surface area contributed by atoms with Gasteiger partial charge in [-0.1, -0.05) is 60.7 Å². The van der Waals surface area contributed by atoms with Crippen molar-refractivity contribution in [2.45, 2.75) is 44.7 Å². The number of amides is 3. The fourth-order valence-electron chi connectivity index (χ4n) is 4.08. The van der Waals surface area contributed by atoms with E-state index < -0.39 is 5.91 Å². The highest BCUT2D eigenvalue weighted by atomic mass is 35.5. The molecular weight excluding hydrogens is 449 g/mol. The van der Waals surface area contributed by atoms with Crippen LogP contribution in [0.3, 0.4) is 0 Å². The largest absolute Gasteiger partial charge is 0.375 e. The van der Waals surface area contributed by atoms with Crippen LogP contribution in [0.15, 0.2) is 59.3 Å². The van der Waals surface area contributed by atoms with Gasteiger partial charge in [0, 0.05) is 28.9 Å². The normalized spacial score (nSPS) is 17.1. The monoisotopic (exact) mass is 471 g/mol. The van der Waals surface area contributed by atoms with Crippen LogP contribution >= 0.6 is 23.2 Å². The zero-order valence-electron chi connectivity index (χ0n) is 17.4. The molecule has 6 nitrogen and oxygen atoms in total. The van der Waals surface area contributed by atoms with Gasteiger partial charge in [-0.3, -0.25) is 19.3 Å². The van der Waals surface area contributed by atoms with E-state index in [0.717, 1.165) is 37.7 Å². The second-order valence-electron chi connectivity index (χ2n) is 7.98. The average Bonchev–Trinajstić information content (AvgIpc) is 3.01. The summed E-state index contributed by atoms with van der Waals surface area (Å²) in [6.45, 7) is 0.305. The van der Waals surface area contributed by atoms with Gasteiger partial charge in [-0.25, -0.2) is 0 Å². The molecule has 2 N–H and O–H groups in total. The second kappa shape index (κ2) is 9.76. The molecule has 0 spiro atoms. The molecular formula is C24H23Cl2N3O3. The molecule has 2 aliphatic rings. The van der Waals surface area contributed by atoms with E-state index in [9.17, 15) is 14.4 Å². The van der Waals surface area contributed by atoms with E-state index in [1.807, 2.05) is 0 Å². The number of hydrogen-bond donors (Lipinski definition) is 2. The minimum Gasteiger partial charge on any atom is -0.375 e. The molecule has 0 atom stereocenters. The lowest BCUT2D eigenvalue weighted by molar-refractivity contribution is -0.140. The van der Waals surface area contributed by atoms with E-state index >= 15 is 0 Å². The Labute approximate surface area is 196 Å². The number of carbonyl (C=O) groups is 3. The molecule has 8 heteroatoms. The molecule has 2 aromatic carbocycles. The SMILES string of the molecule is O=C(Nc1cccc(Cl)c1)c1ccc(CNC2=C(Cl)C(=O)N(C3CCCCC3)C2=O)cc1. The molecule has 2 aromatic rings. The van der Waals surface area contributed by atoms with Crippen LogP contribution in [0.25, 0.3) is 0 Å². The van der Waals surface area contributed by atoms with Gasteiger partial charge in [0.15, 0.2) is 0 Å². The number of nitrogens with one attached hydrogen (secondary N) is 2. The van der Waals surface area contributed by atoms with Gasteiger partial charge < -0.3 is 10.6 Å². The molecule has 0 bridgehead atoms. The van der Waals surface area contributed by atoms with Gasteiger partial charge in [0.1, 0.15) is 10.7 Å². The summed E-state index contributed by atoms with van der Waals surface area (Å²) in [5.74, 6) is -1.03. The number of carbonyl (C=O) groups excluding carboxylic acids is 3. The summed E-state index contributed by atoms with van der Waals surface area (Å²) in [5, 5.41) is 6.29. The smallest absolute Gasteiger partial charge is 0.278 e. The van der Waals surface area contributed by atoms with Crippen LogP contribution in [-0.4, -0.2) is 28.7 Å². The number of anilines is 1. The number of hydrogen-bond acceptors (Lipinski definition) is 4. The van der Waals surface area contributed by atoms with Crippen LogP contribution in [0, 0.1) is 0 Å². The van der Waals surface area contributed by atoms with Gasteiger partial charge in [0.05, 0.1) is 0 Å². The fourth-order valence-corrected chi connectivity index (χ4v) is 4.51. The lowest BCUT2D eigenvalue weighted by atomic mass is 9.94. The van der Waals surface area contributed by atoms with Crippen molar-refractivity contribution in [3.63, 3.8) is 0 Å². The van der Waals surface area contributed by atoms with Crippen molar-refractivity contribution < 1.29 is 14.4 Å². The third kappa shape index (κ3) is 4.81. The Hall–Kier alpha value is -2.83. The minimum absolute atomic E-state index is 0.0573. The zero-order chi connectivity index (χ0) is 22.7. The van der Waals surface area contributed by atoms with Crippen LogP contribution in [-0.2, 0) is 16.1 Å². The maximum Gasteiger partial charge on any atom is 0.278 e. The van der Waals surface area contributed by atoms with Crippen molar-refractivity contribution in [3.8, 4) is 0 Å². The summed E-state index contributed by atoms with van der Waals surface area (Å²) < 4.78 is 0. The van der Waals surface area contributed by atoms with Crippen LogP contribution in [0.1, 0.15) is 48.0 Å². The molecule has 1 aliphatic heterocycles.